The van der Waals surface area contributed by atoms with Crippen LogP contribution in [0.2, 0.25) is 5.02 Å². The monoisotopic (exact) mass is 493 g/mol. The summed E-state index contributed by atoms with van der Waals surface area (Å²) < 4.78 is 34.3. The largest absolute Gasteiger partial charge is 0.349 e. The minimum absolute atomic E-state index is 0.0830. The van der Waals surface area contributed by atoms with E-state index < -0.39 is 64.2 Å². The molecule has 174 valence electrons. The number of anilines is 1. The Morgan fingerprint density at radius 1 is 0.829 bits per heavy atom. The van der Waals surface area contributed by atoms with Crippen molar-refractivity contribution >= 4 is 40.7 Å². The molecule has 1 spiro atoms. The summed E-state index contributed by atoms with van der Waals surface area (Å²) >= 11 is 5.99. The summed E-state index contributed by atoms with van der Waals surface area (Å²) in [4.78, 5) is 55.2. The van der Waals surface area contributed by atoms with Gasteiger partial charge in [-0.15, -0.1) is 0 Å². The molecule has 0 bridgehead atoms. The number of Topliss-reactive ketones (excluding diaryl/α,β-unsaturated/α-hetero) is 2. The summed E-state index contributed by atoms with van der Waals surface area (Å²) in [5.41, 5.74) is -2.16. The first-order valence-electron chi connectivity index (χ1n) is 10.7. The molecular weight excluding hydrogens is 480 g/mol. The van der Waals surface area contributed by atoms with Crippen LogP contribution in [0.5, 0.6) is 0 Å². The predicted octanol–water partition coefficient (Wildman–Crippen LogP) is 4.31. The fourth-order valence-electron chi connectivity index (χ4n) is 5.37. The van der Waals surface area contributed by atoms with Crippen LogP contribution in [0, 0.1) is 23.5 Å². The molecule has 35 heavy (non-hydrogen) atoms. The second-order valence-corrected chi connectivity index (χ2v) is 9.08. The van der Waals surface area contributed by atoms with Crippen LogP contribution in [0.1, 0.15) is 32.4 Å². The molecule has 2 aliphatic heterocycles. The lowest BCUT2D eigenvalue weighted by molar-refractivity contribution is -0.127. The smallest absolute Gasteiger partial charge is 0.241 e. The van der Waals surface area contributed by atoms with Gasteiger partial charge in [0.15, 0.2) is 0 Å². The maximum absolute atomic E-state index is 14.7. The molecule has 2 amide bonds. The molecule has 0 N–H and O–H groups in total. The Labute approximate surface area is 202 Å². The molecule has 0 aromatic heterocycles. The summed E-state index contributed by atoms with van der Waals surface area (Å²) in [5.74, 6) is -8.12. The number of hydrogen-bond acceptors (Lipinski definition) is 5. The second-order valence-electron chi connectivity index (χ2n) is 8.64. The van der Waals surface area contributed by atoms with Crippen LogP contribution in [-0.4, -0.2) is 29.0 Å². The molecule has 2 heterocycles. The molecule has 9 heteroatoms. The van der Waals surface area contributed by atoms with E-state index in [1.165, 1.54) is 12.1 Å². The van der Waals surface area contributed by atoms with Gasteiger partial charge in [0.1, 0.15) is 11.6 Å². The van der Waals surface area contributed by atoms with Crippen molar-refractivity contribution in [1.29, 1.82) is 0 Å². The topological polar surface area (TPSA) is 80.8 Å². The van der Waals surface area contributed by atoms with E-state index in [1.807, 2.05) is 0 Å². The number of fused-ring (bicyclic) bond motifs is 3. The lowest BCUT2D eigenvalue weighted by Gasteiger charge is -2.27. The summed E-state index contributed by atoms with van der Waals surface area (Å²) in [7, 11) is 0. The van der Waals surface area contributed by atoms with Gasteiger partial charge in [-0.05, 0) is 29.8 Å². The number of carbonyl (C=O) groups is 4. The molecule has 6 rings (SSSR count). The van der Waals surface area contributed by atoms with Gasteiger partial charge in [-0.25, -0.2) is 13.7 Å². The highest BCUT2D eigenvalue weighted by Gasteiger charge is 2.74. The lowest BCUT2D eigenvalue weighted by Crippen LogP contribution is -2.51. The molecule has 0 saturated carbocycles. The molecule has 2 fully saturated rings. The minimum Gasteiger partial charge on any atom is -0.349 e. The van der Waals surface area contributed by atoms with Crippen molar-refractivity contribution in [1.82, 2.24) is 0 Å². The van der Waals surface area contributed by atoms with Crippen LogP contribution < -0.4 is 4.90 Å². The van der Waals surface area contributed by atoms with Gasteiger partial charge >= 0.3 is 0 Å². The van der Waals surface area contributed by atoms with Crippen molar-refractivity contribution in [2.45, 2.75) is 11.7 Å². The number of hydrogen-bond donors (Lipinski definition) is 0. The van der Waals surface area contributed by atoms with Gasteiger partial charge in [-0.2, -0.15) is 0 Å². The molecule has 3 atom stereocenters. The Bertz CT molecular complexity index is 1440. The third-order valence-corrected chi connectivity index (χ3v) is 7.12. The van der Waals surface area contributed by atoms with Gasteiger partial charge in [0.25, 0.3) is 0 Å². The number of benzene rings is 3. The number of rotatable bonds is 2. The Kier molecular flexibility index (Phi) is 4.58. The number of imide groups is 1. The zero-order chi connectivity index (χ0) is 24.6. The van der Waals surface area contributed by atoms with Crippen LogP contribution in [0.3, 0.4) is 0 Å². The van der Waals surface area contributed by atoms with Gasteiger partial charge in [-0.1, -0.05) is 48.0 Å². The van der Waals surface area contributed by atoms with Crippen LogP contribution in [0.15, 0.2) is 66.7 Å². The molecule has 3 aromatic rings. The van der Waals surface area contributed by atoms with Gasteiger partial charge in [0, 0.05) is 22.2 Å². The minimum atomic E-state index is -2.28. The number of halogens is 3. The molecule has 0 radical (unpaired) electrons. The van der Waals surface area contributed by atoms with Crippen molar-refractivity contribution in [3.63, 3.8) is 0 Å². The van der Waals surface area contributed by atoms with E-state index in [0.29, 0.717) is 21.6 Å². The Morgan fingerprint density at radius 3 is 2.06 bits per heavy atom. The van der Waals surface area contributed by atoms with E-state index in [-0.39, 0.29) is 11.1 Å². The number of ketones is 2. The van der Waals surface area contributed by atoms with Crippen molar-refractivity contribution < 1.29 is 32.7 Å². The fraction of sp³-hybridized carbons (Fsp3) is 0.154. The third-order valence-electron chi connectivity index (χ3n) is 6.87. The normalized spacial score (nSPS) is 24.4. The standard InChI is InChI=1S/C26H14ClF2NO5/c27-13-7-5-12(6-8-13)21-19-20(25(34)30(24(19)33)18-10-9-14(28)11-17(18)29)26(35-21)22(31)15-3-1-2-4-16(15)23(26)32/h1-11,19-21H/t19-,20+,21-/m0/s1. The van der Waals surface area contributed by atoms with Crippen molar-refractivity contribution in [2.75, 3.05) is 4.90 Å². The lowest BCUT2D eigenvalue weighted by atomic mass is 9.77. The maximum atomic E-state index is 14.7. The summed E-state index contributed by atoms with van der Waals surface area (Å²) in [6, 6.07) is 14.7. The van der Waals surface area contributed by atoms with Crippen LogP contribution in [0.25, 0.3) is 0 Å². The molecule has 0 unspecified atom stereocenters. The Balaban J connectivity index is 1.55. The molecule has 3 aromatic carbocycles. The first kappa shape index (κ1) is 21.8. The SMILES string of the molecule is O=C1[C@@H]2[C@H](c3ccc(Cl)cc3)OC3(C(=O)c4ccccc4C3=O)[C@H]2C(=O)N1c1ccc(F)cc1F. The first-order chi connectivity index (χ1) is 16.8. The molecule has 1 aliphatic carbocycles. The quantitative estimate of drug-likeness (QED) is 0.392. The molecule has 2 saturated heterocycles. The van der Waals surface area contributed by atoms with E-state index in [2.05, 4.69) is 0 Å². The predicted molar refractivity (Wildman–Crippen MR) is 119 cm³/mol. The summed E-state index contributed by atoms with van der Waals surface area (Å²) in [5, 5.41) is 0.405. The number of amides is 2. The highest BCUT2D eigenvalue weighted by atomic mass is 35.5. The first-order valence-corrected chi connectivity index (χ1v) is 11.1. The Hall–Kier alpha value is -3.75. The second kappa shape index (κ2) is 7.37. The number of ether oxygens (including phenoxy) is 1. The van der Waals surface area contributed by atoms with Gasteiger partial charge in [-0.3, -0.25) is 19.2 Å². The average molecular weight is 494 g/mol. The summed E-state index contributed by atoms with van der Waals surface area (Å²) in [6.45, 7) is 0. The Morgan fingerprint density at radius 2 is 1.46 bits per heavy atom. The highest BCUT2D eigenvalue weighted by molar-refractivity contribution is 6.37. The van der Waals surface area contributed by atoms with E-state index in [1.54, 1.807) is 36.4 Å². The van der Waals surface area contributed by atoms with Crippen molar-refractivity contribution in [3.8, 4) is 0 Å². The maximum Gasteiger partial charge on any atom is 0.241 e. The van der Waals surface area contributed by atoms with E-state index >= 15 is 0 Å². The average Bonchev–Trinajstić information content (AvgIpc) is 3.40. The zero-order valence-electron chi connectivity index (χ0n) is 17.7. The van der Waals surface area contributed by atoms with Gasteiger partial charge in [0.05, 0.1) is 23.6 Å². The zero-order valence-corrected chi connectivity index (χ0v) is 18.5. The molecule has 6 nitrogen and oxygen atoms in total. The van der Waals surface area contributed by atoms with Gasteiger partial charge < -0.3 is 4.74 Å². The summed E-state index contributed by atoms with van der Waals surface area (Å²) in [6.07, 6.45) is -1.16. The molecular formula is C26H14ClF2NO5. The van der Waals surface area contributed by atoms with Gasteiger partial charge in [0.2, 0.25) is 29.0 Å². The van der Waals surface area contributed by atoms with Crippen molar-refractivity contribution in [3.05, 3.63) is 100 Å². The fourth-order valence-corrected chi connectivity index (χ4v) is 5.50. The van der Waals surface area contributed by atoms with Crippen molar-refractivity contribution in [2.24, 2.45) is 11.8 Å². The van der Waals surface area contributed by atoms with E-state index in [9.17, 15) is 28.0 Å². The number of carbonyl (C=O) groups excluding carboxylic acids is 4. The highest BCUT2D eigenvalue weighted by Crippen LogP contribution is 2.57. The molecule has 3 aliphatic rings. The van der Waals surface area contributed by atoms with E-state index in [0.717, 1.165) is 12.1 Å². The van der Waals surface area contributed by atoms with Crippen LogP contribution in [0.4, 0.5) is 14.5 Å². The van der Waals surface area contributed by atoms with Crippen LogP contribution in [-0.2, 0) is 14.3 Å². The third kappa shape index (κ3) is 2.78. The van der Waals surface area contributed by atoms with E-state index in [4.69, 9.17) is 16.3 Å². The number of nitrogens with zero attached hydrogens (tertiary/aromatic N) is 1. The van der Waals surface area contributed by atoms with Crippen LogP contribution >= 0.6 is 11.6 Å².